The first kappa shape index (κ1) is 18.1. The Balaban J connectivity index is 1.69. The van der Waals surface area contributed by atoms with Gasteiger partial charge in [-0.25, -0.2) is 9.97 Å². The fraction of sp³-hybridized carbons (Fsp3) is 0.200. The van der Waals surface area contributed by atoms with Crippen molar-refractivity contribution in [3.63, 3.8) is 0 Å². The summed E-state index contributed by atoms with van der Waals surface area (Å²) in [4.78, 5) is 22.5. The molecule has 28 heavy (non-hydrogen) atoms. The van der Waals surface area contributed by atoms with E-state index in [-0.39, 0.29) is 17.6 Å². The van der Waals surface area contributed by atoms with Crippen LogP contribution in [0.2, 0.25) is 0 Å². The van der Waals surface area contributed by atoms with Gasteiger partial charge in [0.15, 0.2) is 11.0 Å². The highest BCUT2D eigenvalue weighted by Crippen LogP contribution is 2.38. The van der Waals surface area contributed by atoms with Gasteiger partial charge < -0.3 is 9.09 Å². The molecule has 0 bridgehead atoms. The normalized spacial score (nSPS) is 11.1. The van der Waals surface area contributed by atoms with E-state index in [2.05, 4.69) is 20.4 Å². The van der Waals surface area contributed by atoms with Crippen molar-refractivity contribution in [1.29, 1.82) is 0 Å². The van der Waals surface area contributed by atoms with E-state index in [0.29, 0.717) is 5.13 Å². The van der Waals surface area contributed by atoms with E-state index >= 15 is 0 Å². The second kappa shape index (κ2) is 7.40. The molecule has 4 rings (SSSR count). The lowest BCUT2D eigenvalue weighted by atomic mass is 10.1. The van der Waals surface area contributed by atoms with Crippen LogP contribution in [0.15, 0.2) is 53.3 Å². The number of anilines is 1. The Hall–Kier alpha value is -3.26. The molecular formula is C20H19N5O2S. The van der Waals surface area contributed by atoms with Crippen molar-refractivity contribution in [1.82, 2.24) is 19.7 Å². The molecule has 0 spiro atoms. The fourth-order valence-corrected chi connectivity index (χ4v) is 3.75. The average molecular weight is 393 g/mol. The van der Waals surface area contributed by atoms with Gasteiger partial charge in [0.25, 0.3) is 5.91 Å². The van der Waals surface area contributed by atoms with Crippen molar-refractivity contribution < 1.29 is 9.32 Å². The Labute approximate surface area is 166 Å². The van der Waals surface area contributed by atoms with E-state index in [1.165, 1.54) is 11.3 Å². The summed E-state index contributed by atoms with van der Waals surface area (Å²) in [6.45, 7) is 3.98. The number of thiazole rings is 1. The number of aromatic nitrogens is 4. The van der Waals surface area contributed by atoms with E-state index < -0.39 is 0 Å². The monoisotopic (exact) mass is 393 g/mol. The molecule has 0 aliphatic carbocycles. The highest BCUT2D eigenvalue weighted by Gasteiger charge is 2.21. The van der Waals surface area contributed by atoms with Gasteiger partial charge in [-0.1, -0.05) is 60.7 Å². The molecule has 1 N–H and O–H groups in total. The maximum Gasteiger partial charge on any atom is 0.296 e. The summed E-state index contributed by atoms with van der Waals surface area (Å²) in [6, 6.07) is 11.5. The van der Waals surface area contributed by atoms with Crippen LogP contribution in [-0.2, 0) is 7.05 Å². The highest BCUT2D eigenvalue weighted by atomic mass is 32.1. The highest BCUT2D eigenvalue weighted by molar-refractivity contribution is 7.19. The Kier molecular flexibility index (Phi) is 4.79. The third kappa shape index (κ3) is 3.46. The predicted molar refractivity (Wildman–Crippen MR) is 108 cm³/mol. The van der Waals surface area contributed by atoms with Crippen LogP contribution in [0.1, 0.15) is 36.0 Å². The summed E-state index contributed by atoms with van der Waals surface area (Å²) in [7, 11) is 1.93. The number of rotatable bonds is 5. The molecular weight excluding hydrogens is 374 g/mol. The van der Waals surface area contributed by atoms with Crippen LogP contribution in [0, 0.1) is 0 Å². The van der Waals surface area contributed by atoms with Gasteiger partial charge in [-0.05, 0) is 5.92 Å². The van der Waals surface area contributed by atoms with Crippen LogP contribution in [0.3, 0.4) is 0 Å². The van der Waals surface area contributed by atoms with Crippen LogP contribution in [0.25, 0.3) is 22.0 Å². The first-order valence-corrected chi connectivity index (χ1v) is 9.66. The number of nitrogens with one attached hydrogen (secondary N) is 1. The van der Waals surface area contributed by atoms with Gasteiger partial charge in [-0.2, -0.15) is 0 Å². The molecule has 0 fully saturated rings. The first-order valence-electron chi connectivity index (χ1n) is 8.85. The van der Waals surface area contributed by atoms with Crippen LogP contribution in [0.4, 0.5) is 5.13 Å². The molecule has 142 valence electrons. The zero-order valence-electron chi connectivity index (χ0n) is 15.7. The van der Waals surface area contributed by atoms with Gasteiger partial charge >= 0.3 is 0 Å². The predicted octanol–water partition coefficient (Wildman–Crippen LogP) is 4.57. The van der Waals surface area contributed by atoms with Crippen molar-refractivity contribution in [2.45, 2.75) is 19.8 Å². The molecule has 3 aromatic heterocycles. The molecule has 7 nitrogen and oxygen atoms in total. The summed E-state index contributed by atoms with van der Waals surface area (Å²) in [5.74, 6) is 0.765. The molecule has 1 aromatic carbocycles. The van der Waals surface area contributed by atoms with Crippen molar-refractivity contribution >= 4 is 22.4 Å². The van der Waals surface area contributed by atoms with Gasteiger partial charge in [-0.3, -0.25) is 10.1 Å². The molecule has 1 amide bonds. The first-order chi connectivity index (χ1) is 13.5. The molecule has 3 heterocycles. The van der Waals surface area contributed by atoms with Crippen LogP contribution < -0.4 is 5.32 Å². The van der Waals surface area contributed by atoms with Gasteiger partial charge in [-0.15, -0.1) is 0 Å². The smallest absolute Gasteiger partial charge is 0.296 e. The maximum atomic E-state index is 12.6. The molecule has 8 heteroatoms. The van der Waals surface area contributed by atoms with Crippen molar-refractivity contribution in [2.75, 3.05) is 5.32 Å². The fourth-order valence-electron chi connectivity index (χ4n) is 2.73. The Morgan fingerprint density at radius 2 is 2.04 bits per heavy atom. The molecule has 0 radical (unpaired) electrons. The summed E-state index contributed by atoms with van der Waals surface area (Å²) < 4.78 is 7.10. The van der Waals surface area contributed by atoms with E-state index in [0.717, 1.165) is 27.7 Å². The van der Waals surface area contributed by atoms with E-state index in [9.17, 15) is 4.79 Å². The second-order valence-electron chi connectivity index (χ2n) is 6.65. The third-order valence-electron chi connectivity index (χ3n) is 4.26. The quantitative estimate of drug-likeness (QED) is 0.537. The number of carbonyl (C=O) groups is 1. The minimum atomic E-state index is -0.376. The second-order valence-corrected chi connectivity index (χ2v) is 7.65. The number of hydrogen-bond donors (Lipinski definition) is 1. The summed E-state index contributed by atoms with van der Waals surface area (Å²) >= 11 is 1.37. The zero-order valence-corrected chi connectivity index (χ0v) is 16.5. The van der Waals surface area contributed by atoms with Crippen LogP contribution in [0.5, 0.6) is 0 Å². The van der Waals surface area contributed by atoms with Crippen LogP contribution in [-0.4, -0.2) is 25.6 Å². The number of aryl methyl sites for hydroxylation is 1. The molecule has 0 saturated carbocycles. The van der Waals surface area contributed by atoms with Crippen molar-refractivity contribution in [2.24, 2.45) is 7.05 Å². The molecule has 0 aliphatic heterocycles. The van der Waals surface area contributed by atoms with E-state index in [4.69, 9.17) is 4.52 Å². The molecule has 0 aliphatic rings. The number of carbonyl (C=O) groups excluding carboxylic acids is 1. The van der Waals surface area contributed by atoms with Crippen LogP contribution >= 0.6 is 11.3 Å². The lowest BCUT2D eigenvalue weighted by Gasteiger charge is -2.02. The van der Waals surface area contributed by atoms with Gasteiger partial charge in [0.2, 0.25) is 5.76 Å². The Bertz CT molecular complexity index is 1110. The number of amides is 1. The standard InChI is InChI=1S/C20H19N5O2S/c1-12(2)14-11-15(27-24-14)19(26)23-20-22-16(13-7-5-4-6-8-13)17(28-20)18-21-9-10-25(18)3/h4-12H,1-3H3,(H,22,23,26). The van der Waals surface area contributed by atoms with E-state index in [1.54, 1.807) is 12.3 Å². The van der Waals surface area contributed by atoms with E-state index in [1.807, 2.05) is 62.0 Å². The molecule has 0 atom stereocenters. The minimum absolute atomic E-state index is 0.165. The van der Waals surface area contributed by atoms with Crippen molar-refractivity contribution in [3.05, 3.63) is 60.2 Å². The lowest BCUT2D eigenvalue weighted by Crippen LogP contribution is -2.10. The Morgan fingerprint density at radius 3 is 2.68 bits per heavy atom. The minimum Gasteiger partial charge on any atom is -0.351 e. The largest absolute Gasteiger partial charge is 0.351 e. The zero-order chi connectivity index (χ0) is 19.7. The summed E-state index contributed by atoms with van der Waals surface area (Å²) in [5, 5.41) is 7.23. The van der Waals surface area contributed by atoms with Crippen molar-refractivity contribution in [3.8, 4) is 22.0 Å². The number of hydrogen-bond acceptors (Lipinski definition) is 6. The molecule has 4 aromatic rings. The van der Waals surface area contributed by atoms with Gasteiger partial charge in [0.1, 0.15) is 0 Å². The Morgan fingerprint density at radius 1 is 1.25 bits per heavy atom. The average Bonchev–Trinajstić information content (AvgIpc) is 3.41. The maximum absolute atomic E-state index is 12.6. The van der Waals surface area contributed by atoms with Gasteiger partial charge in [0, 0.05) is 31.1 Å². The molecule has 0 saturated heterocycles. The lowest BCUT2D eigenvalue weighted by molar-refractivity contribution is 0.0987. The number of nitrogens with zero attached hydrogens (tertiary/aromatic N) is 4. The molecule has 0 unspecified atom stereocenters. The number of imidazole rings is 1. The summed E-state index contributed by atoms with van der Waals surface area (Å²) in [5.41, 5.74) is 2.47. The van der Waals surface area contributed by atoms with Gasteiger partial charge in [0.05, 0.1) is 16.3 Å². The summed E-state index contributed by atoms with van der Waals surface area (Å²) in [6.07, 6.45) is 3.62. The SMILES string of the molecule is CC(C)c1cc(C(=O)Nc2nc(-c3ccccc3)c(-c3nccn3C)s2)on1. The topological polar surface area (TPSA) is 85.8 Å². The number of benzene rings is 1. The third-order valence-corrected chi connectivity index (χ3v) is 5.23.